The maximum Gasteiger partial charge on any atom is 0.270 e. The van der Waals surface area contributed by atoms with E-state index in [1.165, 1.54) is 6.20 Å². The van der Waals surface area contributed by atoms with Gasteiger partial charge in [-0.15, -0.1) is 6.42 Å². The van der Waals surface area contributed by atoms with E-state index in [9.17, 15) is 4.79 Å². The summed E-state index contributed by atoms with van der Waals surface area (Å²) in [5.41, 5.74) is 5.33. The summed E-state index contributed by atoms with van der Waals surface area (Å²) >= 11 is 0. The first-order valence-electron chi connectivity index (χ1n) is 4.83. The van der Waals surface area contributed by atoms with Crippen molar-refractivity contribution in [2.24, 2.45) is 5.73 Å². The van der Waals surface area contributed by atoms with Gasteiger partial charge in [-0.25, -0.2) is 9.97 Å². The summed E-state index contributed by atoms with van der Waals surface area (Å²) in [6.07, 6.45) is 6.74. The molecular formula is C11H14N4O. The predicted molar refractivity (Wildman–Crippen MR) is 62.0 cm³/mol. The van der Waals surface area contributed by atoms with E-state index in [1.807, 2.05) is 25.8 Å². The topological polar surface area (TPSA) is 72.1 Å². The van der Waals surface area contributed by atoms with Gasteiger partial charge in [-0.3, -0.25) is 4.79 Å². The Morgan fingerprint density at radius 3 is 2.69 bits per heavy atom. The summed E-state index contributed by atoms with van der Waals surface area (Å²) in [6.45, 7) is 4.03. The first-order valence-corrected chi connectivity index (χ1v) is 4.83. The van der Waals surface area contributed by atoms with Crippen LogP contribution in [0.5, 0.6) is 0 Å². The zero-order chi connectivity index (χ0) is 12.3. The van der Waals surface area contributed by atoms with Crippen LogP contribution >= 0.6 is 0 Å². The van der Waals surface area contributed by atoms with Crippen molar-refractivity contribution < 1.29 is 4.79 Å². The number of amides is 1. The number of nitrogens with two attached hydrogens (primary N) is 1. The zero-order valence-corrected chi connectivity index (χ0v) is 9.56. The Morgan fingerprint density at radius 1 is 1.62 bits per heavy atom. The molecule has 0 aromatic carbocycles. The van der Waals surface area contributed by atoms with E-state index in [2.05, 4.69) is 15.9 Å². The molecule has 84 valence electrons. The third-order valence-electron chi connectivity index (χ3n) is 2.27. The van der Waals surface area contributed by atoms with Crippen LogP contribution in [0.15, 0.2) is 6.20 Å². The van der Waals surface area contributed by atoms with E-state index in [1.54, 1.807) is 0 Å². The molecule has 0 atom stereocenters. The molecule has 0 fully saturated rings. The summed E-state index contributed by atoms with van der Waals surface area (Å²) in [7, 11) is 1.87. The van der Waals surface area contributed by atoms with Crippen LogP contribution in [0.25, 0.3) is 0 Å². The Kier molecular flexibility index (Phi) is 3.46. The Labute approximate surface area is 94.7 Å². The molecule has 0 aliphatic carbocycles. The van der Waals surface area contributed by atoms with Crippen molar-refractivity contribution in [2.45, 2.75) is 19.9 Å². The van der Waals surface area contributed by atoms with Crippen LogP contribution in [0.4, 0.5) is 5.82 Å². The number of carbonyl (C=O) groups is 1. The molecule has 0 saturated heterocycles. The van der Waals surface area contributed by atoms with Gasteiger partial charge in [0.15, 0.2) is 5.69 Å². The molecule has 5 heteroatoms. The highest BCUT2D eigenvalue weighted by molar-refractivity contribution is 5.92. The van der Waals surface area contributed by atoms with Crippen LogP contribution in [0.3, 0.4) is 0 Å². The largest absolute Gasteiger partial charge is 0.364 e. The Balaban J connectivity index is 3.20. The second kappa shape index (κ2) is 4.62. The van der Waals surface area contributed by atoms with Crippen LogP contribution in [0.1, 0.15) is 30.0 Å². The van der Waals surface area contributed by atoms with Crippen molar-refractivity contribution in [1.82, 2.24) is 9.97 Å². The zero-order valence-electron chi connectivity index (χ0n) is 9.56. The molecular weight excluding hydrogens is 204 g/mol. The molecule has 1 heterocycles. The highest BCUT2D eigenvalue weighted by atomic mass is 16.1. The molecule has 5 nitrogen and oxygen atoms in total. The number of rotatable bonds is 3. The summed E-state index contributed by atoms with van der Waals surface area (Å²) in [6, 6.07) is 0.263. The van der Waals surface area contributed by atoms with Gasteiger partial charge in [0.25, 0.3) is 5.91 Å². The normalized spacial score (nSPS) is 9.94. The van der Waals surface area contributed by atoms with E-state index in [0.717, 1.165) is 0 Å². The van der Waals surface area contributed by atoms with Gasteiger partial charge in [0.05, 0.1) is 6.20 Å². The number of hydrogen-bond donors (Lipinski definition) is 1. The molecule has 0 aliphatic heterocycles. The van der Waals surface area contributed by atoms with Gasteiger partial charge >= 0.3 is 0 Å². The number of hydrogen-bond acceptors (Lipinski definition) is 4. The minimum atomic E-state index is -0.667. The molecule has 1 aromatic rings. The summed E-state index contributed by atoms with van der Waals surface area (Å²) in [4.78, 5) is 21.0. The fourth-order valence-corrected chi connectivity index (χ4v) is 1.10. The lowest BCUT2D eigenvalue weighted by molar-refractivity contribution is 0.0995. The Bertz CT molecular complexity index is 448. The fraction of sp³-hybridized carbons (Fsp3) is 0.364. The van der Waals surface area contributed by atoms with Gasteiger partial charge in [-0.05, 0) is 19.8 Å². The van der Waals surface area contributed by atoms with Crippen molar-refractivity contribution in [3.8, 4) is 12.3 Å². The number of primary amides is 1. The molecule has 0 spiro atoms. The number of anilines is 1. The minimum absolute atomic E-state index is 0.0309. The van der Waals surface area contributed by atoms with Crippen LogP contribution in [0.2, 0.25) is 0 Å². The van der Waals surface area contributed by atoms with E-state index in [4.69, 9.17) is 12.2 Å². The van der Waals surface area contributed by atoms with Crippen molar-refractivity contribution in [1.29, 1.82) is 0 Å². The summed E-state index contributed by atoms with van der Waals surface area (Å²) in [5.74, 6) is 2.26. The van der Waals surface area contributed by atoms with E-state index in [0.29, 0.717) is 5.82 Å². The second-order valence-electron chi connectivity index (χ2n) is 3.64. The minimum Gasteiger partial charge on any atom is -0.364 e. The number of aromatic nitrogens is 2. The van der Waals surface area contributed by atoms with Crippen molar-refractivity contribution in [3.63, 3.8) is 0 Å². The van der Waals surface area contributed by atoms with E-state index in [-0.39, 0.29) is 17.4 Å². The highest BCUT2D eigenvalue weighted by Crippen LogP contribution is 2.12. The summed E-state index contributed by atoms with van der Waals surface area (Å²) in [5, 5.41) is 0. The molecule has 16 heavy (non-hydrogen) atoms. The van der Waals surface area contributed by atoms with Gasteiger partial charge in [0.2, 0.25) is 0 Å². The van der Waals surface area contributed by atoms with Crippen LogP contribution in [-0.4, -0.2) is 29.0 Å². The lowest BCUT2D eigenvalue weighted by Gasteiger charge is -2.22. The van der Waals surface area contributed by atoms with Gasteiger partial charge in [0, 0.05) is 13.1 Å². The van der Waals surface area contributed by atoms with Crippen molar-refractivity contribution >= 4 is 11.7 Å². The van der Waals surface area contributed by atoms with Crippen molar-refractivity contribution in [3.05, 3.63) is 17.6 Å². The van der Waals surface area contributed by atoms with E-state index < -0.39 is 5.91 Å². The van der Waals surface area contributed by atoms with Crippen molar-refractivity contribution in [2.75, 3.05) is 11.9 Å². The van der Waals surface area contributed by atoms with Gasteiger partial charge in [0.1, 0.15) is 11.5 Å². The third kappa shape index (κ3) is 2.28. The SMILES string of the molecule is C#Cc1nc(N(C)C(C)C)cnc1C(N)=O. The molecule has 0 unspecified atom stereocenters. The molecule has 1 rings (SSSR count). The third-order valence-corrected chi connectivity index (χ3v) is 2.27. The Hall–Kier alpha value is -2.09. The molecule has 0 bridgehead atoms. The maximum atomic E-state index is 11.0. The maximum absolute atomic E-state index is 11.0. The molecule has 1 amide bonds. The van der Waals surface area contributed by atoms with Gasteiger partial charge in [-0.2, -0.15) is 0 Å². The average molecular weight is 218 g/mol. The number of carbonyl (C=O) groups excluding carboxylic acids is 1. The first-order chi connectivity index (χ1) is 7.47. The second-order valence-corrected chi connectivity index (χ2v) is 3.64. The van der Waals surface area contributed by atoms with Gasteiger partial charge < -0.3 is 10.6 Å². The predicted octanol–water partition coefficient (Wildman–Crippen LogP) is 0.401. The van der Waals surface area contributed by atoms with E-state index >= 15 is 0 Å². The first kappa shape index (κ1) is 12.0. The molecule has 1 aromatic heterocycles. The lowest BCUT2D eigenvalue weighted by atomic mass is 10.3. The van der Waals surface area contributed by atoms with Crippen LogP contribution in [-0.2, 0) is 0 Å². The lowest BCUT2D eigenvalue weighted by Crippen LogP contribution is -2.27. The highest BCUT2D eigenvalue weighted by Gasteiger charge is 2.13. The standard InChI is InChI=1S/C11H14N4O/c1-5-8-10(11(12)16)13-6-9(14-8)15(4)7(2)3/h1,6-7H,2-4H3,(H2,12,16). The van der Waals surface area contributed by atoms with Crippen LogP contribution < -0.4 is 10.6 Å². The van der Waals surface area contributed by atoms with Gasteiger partial charge in [-0.1, -0.05) is 0 Å². The smallest absolute Gasteiger partial charge is 0.270 e. The van der Waals surface area contributed by atoms with Crippen LogP contribution in [0, 0.1) is 12.3 Å². The molecule has 0 radical (unpaired) electrons. The number of terminal acetylenes is 1. The monoisotopic (exact) mass is 218 g/mol. The molecule has 0 aliphatic rings. The fourth-order valence-electron chi connectivity index (χ4n) is 1.10. The average Bonchev–Trinajstić information content (AvgIpc) is 2.26. The molecule has 2 N–H and O–H groups in total. The quantitative estimate of drug-likeness (QED) is 0.745. The summed E-state index contributed by atoms with van der Waals surface area (Å²) < 4.78 is 0. The molecule has 0 saturated carbocycles. The Morgan fingerprint density at radius 2 is 2.25 bits per heavy atom. The number of nitrogens with zero attached hydrogens (tertiary/aromatic N) is 3.